The molecular formula is C18H22N10O. The monoisotopic (exact) mass is 394 g/mol. The van der Waals surface area contributed by atoms with Crippen LogP contribution in [0.3, 0.4) is 0 Å². The van der Waals surface area contributed by atoms with Gasteiger partial charge in [-0.05, 0) is 41.5 Å². The summed E-state index contributed by atoms with van der Waals surface area (Å²) < 4.78 is 1.49. The van der Waals surface area contributed by atoms with Crippen molar-refractivity contribution in [2.75, 3.05) is 37.0 Å². The van der Waals surface area contributed by atoms with Crippen molar-refractivity contribution in [2.45, 2.75) is 19.4 Å². The van der Waals surface area contributed by atoms with E-state index < -0.39 is 0 Å². The number of rotatable bonds is 6. The summed E-state index contributed by atoms with van der Waals surface area (Å²) in [6.07, 6.45) is 3.74. The summed E-state index contributed by atoms with van der Waals surface area (Å²) in [5, 5.41) is 14.0. The van der Waals surface area contributed by atoms with Crippen LogP contribution < -0.4 is 15.1 Å². The third kappa shape index (κ3) is 4.28. The Kier molecular flexibility index (Phi) is 5.27. The van der Waals surface area contributed by atoms with Gasteiger partial charge in [0.15, 0.2) is 5.82 Å². The Balaban J connectivity index is 1.49. The lowest BCUT2D eigenvalue weighted by Gasteiger charge is -2.19. The lowest BCUT2D eigenvalue weighted by atomic mass is 10.2. The molecule has 1 saturated heterocycles. The van der Waals surface area contributed by atoms with Crippen molar-refractivity contribution in [1.82, 2.24) is 40.5 Å². The SMILES string of the molecule is CN(C)c1nc(CNC(=O)c2cccc(-n3cnnn3)c2)nc(N2CCCC2)n1. The molecule has 2 aromatic heterocycles. The first-order valence-corrected chi connectivity index (χ1v) is 9.39. The Morgan fingerprint density at radius 1 is 1.17 bits per heavy atom. The summed E-state index contributed by atoms with van der Waals surface area (Å²) in [5.41, 5.74) is 1.20. The second-order valence-corrected chi connectivity index (χ2v) is 6.93. The fourth-order valence-corrected chi connectivity index (χ4v) is 3.06. The molecule has 0 aliphatic carbocycles. The minimum Gasteiger partial charge on any atom is -0.347 e. The van der Waals surface area contributed by atoms with Gasteiger partial charge in [-0.15, -0.1) is 5.10 Å². The maximum Gasteiger partial charge on any atom is 0.251 e. The van der Waals surface area contributed by atoms with E-state index in [1.54, 1.807) is 18.2 Å². The van der Waals surface area contributed by atoms with E-state index in [1.807, 2.05) is 25.1 Å². The highest BCUT2D eigenvalue weighted by Gasteiger charge is 2.18. The molecule has 3 aromatic rings. The molecule has 1 amide bonds. The highest BCUT2D eigenvalue weighted by atomic mass is 16.1. The Morgan fingerprint density at radius 2 is 2.00 bits per heavy atom. The maximum absolute atomic E-state index is 12.6. The molecule has 1 N–H and O–H groups in total. The zero-order valence-electron chi connectivity index (χ0n) is 16.4. The van der Waals surface area contributed by atoms with Crippen molar-refractivity contribution in [3.8, 4) is 5.69 Å². The molecule has 1 aliphatic rings. The Labute approximate surface area is 167 Å². The van der Waals surface area contributed by atoms with Crippen molar-refractivity contribution in [1.29, 1.82) is 0 Å². The zero-order chi connectivity index (χ0) is 20.2. The number of nitrogens with zero attached hydrogens (tertiary/aromatic N) is 9. The fraction of sp³-hybridized carbons (Fsp3) is 0.389. The number of carbonyl (C=O) groups excluding carboxylic acids is 1. The number of carbonyl (C=O) groups is 1. The van der Waals surface area contributed by atoms with Crippen LogP contribution in [0.4, 0.5) is 11.9 Å². The second kappa shape index (κ2) is 8.17. The molecule has 1 fully saturated rings. The summed E-state index contributed by atoms with van der Waals surface area (Å²) in [5.74, 6) is 1.53. The van der Waals surface area contributed by atoms with E-state index in [-0.39, 0.29) is 12.5 Å². The van der Waals surface area contributed by atoms with Crippen LogP contribution in [-0.2, 0) is 6.54 Å². The van der Waals surface area contributed by atoms with Crippen LogP contribution in [0.2, 0.25) is 0 Å². The van der Waals surface area contributed by atoms with Gasteiger partial charge in [-0.25, -0.2) is 4.68 Å². The van der Waals surface area contributed by atoms with E-state index in [0.29, 0.717) is 29.0 Å². The molecule has 3 heterocycles. The van der Waals surface area contributed by atoms with Gasteiger partial charge in [-0.2, -0.15) is 15.0 Å². The van der Waals surface area contributed by atoms with Crippen molar-refractivity contribution < 1.29 is 4.79 Å². The van der Waals surface area contributed by atoms with Gasteiger partial charge < -0.3 is 15.1 Å². The summed E-state index contributed by atoms with van der Waals surface area (Å²) in [6, 6.07) is 7.06. The first-order valence-electron chi connectivity index (χ1n) is 9.39. The number of anilines is 2. The standard InChI is InChI=1S/C18H22N10O/c1-26(2)17-21-15(22-18(23-17)27-8-3-4-9-27)11-19-16(29)13-6-5-7-14(10-13)28-12-20-24-25-28/h5-7,10,12H,3-4,8-9,11H2,1-2H3,(H,19,29). The maximum atomic E-state index is 12.6. The molecule has 1 aromatic carbocycles. The first kappa shape index (κ1) is 18.7. The molecule has 0 saturated carbocycles. The molecule has 0 radical (unpaired) electrons. The van der Waals surface area contributed by atoms with E-state index in [2.05, 4.69) is 40.7 Å². The molecule has 150 valence electrons. The topological polar surface area (TPSA) is 118 Å². The summed E-state index contributed by atoms with van der Waals surface area (Å²) in [6.45, 7) is 2.08. The van der Waals surface area contributed by atoms with Crippen LogP contribution in [0.1, 0.15) is 29.0 Å². The third-order valence-electron chi connectivity index (χ3n) is 4.58. The molecule has 11 nitrogen and oxygen atoms in total. The predicted octanol–water partition coefficient (Wildman–Crippen LogP) is 0.443. The van der Waals surface area contributed by atoms with Gasteiger partial charge in [0, 0.05) is 32.7 Å². The lowest BCUT2D eigenvalue weighted by Crippen LogP contribution is -2.27. The normalized spacial score (nSPS) is 13.5. The van der Waals surface area contributed by atoms with Gasteiger partial charge >= 0.3 is 0 Å². The molecule has 4 rings (SSSR count). The number of nitrogens with one attached hydrogen (secondary N) is 1. The van der Waals surface area contributed by atoms with Crippen LogP contribution in [0.15, 0.2) is 30.6 Å². The highest BCUT2D eigenvalue weighted by molar-refractivity contribution is 5.94. The molecule has 0 atom stereocenters. The van der Waals surface area contributed by atoms with Gasteiger partial charge in [-0.1, -0.05) is 6.07 Å². The van der Waals surface area contributed by atoms with Crippen molar-refractivity contribution in [2.24, 2.45) is 0 Å². The molecular weight excluding hydrogens is 372 g/mol. The minimum absolute atomic E-state index is 0.206. The van der Waals surface area contributed by atoms with E-state index in [0.717, 1.165) is 25.9 Å². The summed E-state index contributed by atoms with van der Waals surface area (Å²) in [4.78, 5) is 30.2. The Bertz CT molecular complexity index is 982. The number of hydrogen-bond acceptors (Lipinski definition) is 9. The number of tetrazole rings is 1. The van der Waals surface area contributed by atoms with E-state index in [1.165, 1.54) is 11.0 Å². The molecule has 0 unspecified atom stereocenters. The highest BCUT2D eigenvalue weighted by Crippen LogP contribution is 2.18. The van der Waals surface area contributed by atoms with E-state index in [9.17, 15) is 4.79 Å². The van der Waals surface area contributed by atoms with Crippen LogP contribution >= 0.6 is 0 Å². The average Bonchev–Trinajstić information content (AvgIpc) is 3.46. The van der Waals surface area contributed by atoms with Crippen LogP contribution in [0.5, 0.6) is 0 Å². The number of benzene rings is 1. The third-order valence-corrected chi connectivity index (χ3v) is 4.58. The van der Waals surface area contributed by atoms with Crippen molar-refractivity contribution in [3.05, 3.63) is 42.0 Å². The minimum atomic E-state index is -0.227. The molecule has 29 heavy (non-hydrogen) atoms. The van der Waals surface area contributed by atoms with Crippen molar-refractivity contribution >= 4 is 17.8 Å². The lowest BCUT2D eigenvalue weighted by molar-refractivity contribution is 0.0950. The predicted molar refractivity (Wildman–Crippen MR) is 106 cm³/mol. The summed E-state index contributed by atoms with van der Waals surface area (Å²) in [7, 11) is 3.77. The molecule has 1 aliphatic heterocycles. The van der Waals surface area contributed by atoms with Crippen molar-refractivity contribution in [3.63, 3.8) is 0 Å². The largest absolute Gasteiger partial charge is 0.347 e. The average molecular weight is 394 g/mol. The van der Waals surface area contributed by atoms with Crippen LogP contribution in [0, 0.1) is 0 Å². The molecule has 0 spiro atoms. The van der Waals surface area contributed by atoms with Crippen LogP contribution in [0.25, 0.3) is 5.69 Å². The fourth-order valence-electron chi connectivity index (χ4n) is 3.06. The van der Waals surface area contributed by atoms with Gasteiger partial charge in [0.1, 0.15) is 6.33 Å². The second-order valence-electron chi connectivity index (χ2n) is 6.93. The Morgan fingerprint density at radius 3 is 2.72 bits per heavy atom. The van der Waals surface area contributed by atoms with Gasteiger partial charge in [-0.3, -0.25) is 4.79 Å². The smallest absolute Gasteiger partial charge is 0.251 e. The van der Waals surface area contributed by atoms with Gasteiger partial charge in [0.2, 0.25) is 11.9 Å². The molecule has 0 bridgehead atoms. The number of hydrogen-bond donors (Lipinski definition) is 1. The number of aromatic nitrogens is 7. The van der Waals surface area contributed by atoms with E-state index >= 15 is 0 Å². The quantitative estimate of drug-likeness (QED) is 0.635. The summed E-state index contributed by atoms with van der Waals surface area (Å²) >= 11 is 0. The molecule has 11 heteroatoms. The van der Waals surface area contributed by atoms with Gasteiger partial charge in [0.25, 0.3) is 5.91 Å². The van der Waals surface area contributed by atoms with Crippen LogP contribution in [-0.4, -0.2) is 68.3 Å². The van der Waals surface area contributed by atoms with Gasteiger partial charge in [0.05, 0.1) is 12.2 Å². The zero-order valence-corrected chi connectivity index (χ0v) is 16.4. The first-order chi connectivity index (χ1) is 14.1. The van der Waals surface area contributed by atoms with E-state index in [4.69, 9.17) is 0 Å². The Hall–Kier alpha value is -3.63. The number of amides is 1.